The topological polar surface area (TPSA) is 6.48 Å². The second-order valence-corrected chi connectivity index (χ2v) is 17.2. The van der Waals surface area contributed by atoms with Crippen LogP contribution >= 0.6 is 11.3 Å². The first kappa shape index (κ1) is 35.7. The largest absolute Gasteiger partial charge is 0.311 e. The van der Waals surface area contributed by atoms with E-state index < -0.39 is 0 Å². The van der Waals surface area contributed by atoms with E-state index >= 15 is 0 Å². The summed E-state index contributed by atoms with van der Waals surface area (Å²) in [6.45, 7) is 0. The molecule has 0 amide bonds. The first-order valence-corrected chi connectivity index (χ1v) is 22.2. The van der Waals surface area contributed by atoms with Gasteiger partial charge in [-0.3, -0.25) is 0 Å². The van der Waals surface area contributed by atoms with Crippen molar-refractivity contribution in [2.45, 2.75) is 51.4 Å². The molecule has 0 bridgehead atoms. The highest BCUT2D eigenvalue weighted by Gasteiger charge is 2.31. The van der Waals surface area contributed by atoms with Gasteiger partial charge in [0.15, 0.2) is 0 Å². The molecule has 1 heterocycles. The number of thiophene rings is 1. The molecular weight excluding hydrogens is 733 g/mol. The average molecular weight is 779 g/mol. The van der Waals surface area contributed by atoms with E-state index in [1.165, 1.54) is 85.2 Å². The summed E-state index contributed by atoms with van der Waals surface area (Å²) in [7, 11) is 0. The number of hydrogen-bond donors (Lipinski definition) is 0. The summed E-state index contributed by atoms with van der Waals surface area (Å²) in [5, 5.41) is 2.67. The lowest BCUT2D eigenvalue weighted by atomic mass is 9.75. The third-order valence-corrected chi connectivity index (χ3v) is 13.8. The van der Waals surface area contributed by atoms with Crippen LogP contribution in [-0.2, 0) is 25.7 Å². The van der Waals surface area contributed by atoms with Gasteiger partial charge in [-0.25, -0.2) is 0 Å². The third kappa shape index (κ3) is 6.51. The van der Waals surface area contributed by atoms with Gasteiger partial charge in [-0.2, -0.15) is 0 Å². The quantitative estimate of drug-likeness (QED) is 0.152. The molecular formula is C56H46N2S. The molecule has 2 aliphatic rings. The maximum Gasteiger partial charge on any atom is 0.0531 e. The minimum atomic E-state index is 1.12. The summed E-state index contributed by atoms with van der Waals surface area (Å²) in [6, 6.07) is 67.2. The number of rotatable bonds is 8. The Kier molecular flexibility index (Phi) is 9.32. The lowest BCUT2D eigenvalue weighted by Crippen LogP contribution is -2.22. The van der Waals surface area contributed by atoms with Crippen LogP contribution in [0.2, 0.25) is 0 Å². The highest BCUT2D eigenvalue weighted by Crippen LogP contribution is 2.50. The van der Waals surface area contributed by atoms with Crippen LogP contribution < -0.4 is 9.80 Å². The van der Waals surface area contributed by atoms with Gasteiger partial charge >= 0.3 is 0 Å². The summed E-state index contributed by atoms with van der Waals surface area (Å²) < 4.78 is 2.67. The number of nitrogens with zero attached hydrogens (tertiary/aromatic N) is 2. The Morgan fingerprint density at radius 2 is 0.763 bits per heavy atom. The van der Waals surface area contributed by atoms with Crippen molar-refractivity contribution in [1.29, 1.82) is 0 Å². The van der Waals surface area contributed by atoms with Crippen LogP contribution in [0, 0.1) is 0 Å². The van der Waals surface area contributed by atoms with Gasteiger partial charge in [-0.15, -0.1) is 11.3 Å². The van der Waals surface area contributed by atoms with Crippen molar-refractivity contribution >= 4 is 65.6 Å². The highest BCUT2D eigenvalue weighted by atomic mass is 32.1. The first-order valence-electron chi connectivity index (χ1n) is 21.4. The van der Waals surface area contributed by atoms with Gasteiger partial charge in [0.05, 0.1) is 5.69 Å². The fourth-order valence-electron chi connectivity index (χ4n) is 9.94. The summed E-state index contributed by atoms with van der Waals surface area (Å²) >= 11 is 1.87. The Morgan fingerprint density at radius 1 is 0.322 bits per heavy atom. The second kappa shape index (κ2) is 15.4. The van der Waals surface area contributed by atoms with Crippen molar-refractivity contribution in [3.63, 3.8) is 0 Å². The van der Waals surface area contributed by atoms with Crippen LogP contribution in [0.15, 0.2) is 182 Å². The van der Waals surface area contributed by atoms with E-state index in [2.05, 4.69) is 192 Å². The zero-order valence-electron chi connectivity index (χ0n) is 33.3. The lowest BCUT2D eigenvalue weighted by Gasteiger charge is -2.37. The van der Waals surface area contributed by atoms with Gasteiger partial charge in [0, 0.05) is 48.6 Å². The molecule has 0 saturated carbocycles. The van der Waals surface area contributed by atoms with Crippen LogP contribution in [0.1, 0.15) is 47.9 Å². The Labute approximate surface area is 351 Å². The van der Waals surface area contributed by atoms with E-state index in [-0.39, 0.29) is 0 Å². The van der Waals surface area contributed by atoms with E-state index in [1.807, 2.05) is 11.3 Å². The molecule has 1 aromatic heterocycles. The van der Waals surface area contributed by atoms with Crippen molar-refractivity contribution in [2.24, 2.45) is 0 Å². The number of fused-ring (bicyclic) bond motifs is 5. The maximum absolute atomic E-state index is 2.60. The monoisotopic (exact) mass is 778 g/mol. The molecule has 0 N–H and O–H groups in total. The smallest absolute Gasteiger partial charge is 0.0531 e. The Morgan fingerprint density at radius 3 is 1.37 bits per heavy atom. The van der Waals surface area contributed by atoms with E-state index in [0.29, 0.717) is 0 Å². The van der Waals surface area contributed by atoms with Crippen molar-refractivity contribution in [3.05, 3.63) is 204 Å². The molecule has 8 aromatic carbocycles. The van der Waals surface area contributed by atoms with Crippen LogP contribution in [0.3, 0.4) is 0 Å². The van der Waals surface area contributed by atoms with E-state index in [9.17, 15) is 0 Å². The van der Waals surface area contributed by atoms with Gasteiger partial charge in [0.1, 0.15) is 0 Å². The first-order chi connectivity index (χ1) is 29.3. The summed E-state index contributed by atoms with van der Waals surface area (Å²) in [4.78, 5) is 4.98. The Balaban J connectivity index is 1.00. The Hall–Kier alpha value is -6.42. The molecule has 0 fully saturated rings. The standard InChI is InChI=1S/C56H46N2S/c1-4-16-40(17-5-1)55-49-23-10-12-25-51(49)56(52-26-13-11-24-50(52)55)58(43-20-8-3-9-21-43)46-35-33-45(34-36-46)57(42-18-6-2-7-19-42)44-31-28-39(29-32-44)41-30-37-48-47-22-14-15-27-53(47)59-54(48)38-41/h1-9,14-22,27-38H,10-13,23-26H2. The molecule has 0 saturated heterocycles. The fourth-order valence-corrected chi connectivity index (χ4v) is 11.1. The van der Waals surface area contributed by atoms with E-state index in [1.54, 1.807) is 22.3 Å². The minimum Gasteiger partial charge on any atom is -0.311 e. The average Bonchev–Trinajstić information content (AvgIpc) is 3.69. The molecule has 0 unspecified atom stereocenters. The summed E-state index contributed by atoms with van der Waals surface area (Å²) in [6.07, 6.45) is 9.51. The predicted molar refractivity (Wildman–Crippen MR) is 253 cm³/mol. The molecule has 0 radical (unpaired) electrons. The van der Waals surface area contributed by atoms with E-state index in [4.69, 9.17) is 0 Å². The van der Waals surface area contributed by atoms with Crippen molar-refractivity contribution in [3.8, 4) is 22.3 Å². The number of hydrogen-bond acceptors (Lipinski definition) is 3. The molecule has 3 heteroatoms. The molecule has 286 valence electrons. The van der Waals surface area contributed by atoms with Crippen LogP contribution in [0.25, 0.3) is 42.4 Å². The highest BCUT2D eigenvalue weighted by molar-refractivity contribution is 7.25. The molecule has 11 rings (SSSR count). The summed E-state index contributed by atoms with van der Waals surface area (Å²) in [5.41, 5.74) is 18.9. The minimum absolute atomic E-state index is 1.12. The fraction of sp³-hybridized carbons (Fsp3) is 0.143. The zero-order valence-corrected chi connectivity index (χ0v) is 34.1. The molecule has 0 atom stereocenters. The molecule has 59 heavy (non-hydrogen) atoms. The zero-order chi connectivity index (χ0) is 39.1. The number of para-hydroxylation sites is 2. The predicted octanol–water partition coefficient (Wildman–Crippen LogP) is 16.1. The van der Waals surface area contributed by atoms with Gasteiger partial charge < -0.3 is 9.80 Å². The van der Waals surface area contributed by atoms with Gasteiger partial charge in [0.25, 0.3) is 0 Å². The molecule has 2 nitrogen and oxygen atoms in total. The molecule has 0 spiro atoms. The normalized spacial score (nSPS) is 13.6. The molecule has 9 aromatic rings. The molecule has 2 aliphatic carbocycles. The number of benzene rings is 8. The van der Waals surface area contributed by atoms with Crippen LogP contribution in [0.4, 0.5) is 34.1 Å². The second-order valence-electron chi connectivity index (χ2n) is 16.1. The van der Waals surface area contributed by atoms with Crippen molar-refractivity contribution in [1.82, 2.24) is 0 Å². The number of anilines is 6. The third-order valence-electron chi connectivity index (χ3n) is 12.6. The van der Waals surface area contributed by atoms with Gasteiger partial charge in [-0.05, 0) is 169 Å². The van der Waals surface area contributed by atoms with Crippen LogP contribution in [0.5, 0.6) is 0 Å². The van der Waals surface area contributed by atoms with Crippen molar-refractivity contribution < 1.29 is 0 Å². The lowest BCUT2D eigenvalue weighted by molar-refractivity contribution is 0.661. The van der Waals surface area contributed by atoms with Crippen LogP contribution in [-0.4, -0.2) is 0 Å². The van der Waals surface area contributed by atoms with Crippen molar-refractivity contribution in [2.75, 3.05) is 9.80 Å². The Bertz CT molecular complexity index is 2880. The SMILES string of the molecule is c1ccc(-c2c3c(c(N(c4ccccc4)c4ccc(N(c5ccccc5)c5ccc(-c6ccc7c(c6)sc6ccccc67)cc5)cc4)c4c2CCCC4)CCCC3)cc1. The van der Waals surface area contributed by atoms with Gasteiger partial charge in [0.2, 0.25) is 0 Å². The molecule has 0 aliphatic heterocycles. The summed E-state index contributed by atoms with van der Waals surface area (Å²) in [5.74, 6) is 0. The maximum atomic E-state index is 2.60. The van der Waals surface area contributed by atoms with E-state index in [0.717, 1.165) is 42.7 Å². The van der Waals surface area contributed by atoms with Gasteiger partial charge in [-0.1, -0.05) is 109 Å².